The quantitative estimate of drug-likeness (QED) is 0.609. The van der Waals surface area contributed by atoms with Crippen molar-refractivity contribution in [1.82, 2.24) is 4.90 Å². The molecule has 16 heavy (non-hydrogen) atoms. The van der Waals surface area contributed by atoms with Crippen LogP contribution in [0.2, 0.25) is 0 Å². The summed E-state index contributed by atoms with van der Waals surface area (Å²) in [7, 11) is 0. The van der Waals surface area contributed by atoms with Crippen LogP contribution in [0.1, 0.15) is 18.9 Å². The summed E-state index contributed by atoms with van der Waals surface area (Å²) in [6.45, 7) is 4.44. The van der Waals surface area contributed by atoms with E-state index >= 15 is 0 Å². The first kappa shape index (κ1) is 11.1. The third-order valence-electron chi connectivity index (χ3n) is 3.03. The molecule has 1 saturated heterocycles. The van der Waals surface area contributed by atoms with E-state index < -0.39 is 0 Å². The Balaban J connectivity index is 2.14. The van der Waals surface area contributed by atoms with Gasteiger partial charge in [0.1, 0.15) is 5.84 Å². The maximum absolute atomic E-state index is 8.23. The van der Waals surface area contributed by atoms with Gasteiger partial charge in [0.2, 0.25) is 0 Å². The lowest BCUT2D eigenvalue weighted by Crippen LogP contribution is -2.48. The van der Waals surface area contributed by atoms with Crippen LogP contribution >= 0.6 is 0 Å². The summed E-state index contributed by atoms with van der Waals surface area (Å²) in [6, 6.07) is 10.3. The van der Waals surface area contributed by atoms with E-state index in [1.54, 1.807) is 0 Å². The third kappa shape index (κ3) is 2.25. The van der Waals surface area contributed by atoms with Crippen molar-refractivity contribution >= 4 is 5.84 Å². The number of nitrogens with zero attached hydrogens (tertiary/aromatic N) is 1. The standard InChI is InChI=1S/C13H18N2O/c1-2-12-10-16-9-8-15(12)13(14)11-6-4-3-5-7-11/h3-7,12,14H,2,8-10H2,1H3. The summed E-state index contributed by atoms with van der Waals surface area (Å²) in [5.41, 5.74) is 0.989. The van der Waals surface area contributed by atoms with E-state index in [1.165, 1.54) is 0 Å². The zero-order valence-electron chi connectivity index (χ0n) is 9.65. The number of amidine groups is 1. The molecule has 0 aromatic heterocycles. The predicted octanol–water partition coefficient (Wildman–Crippen LogP) is 2.12. The van der Waals surface area contributed by atoms with Gasteiger partial charge in [-0.05, 0) is 6.42 Å². The molecule has 86 valence electrons. The van der Waals surface area contributed by atoms with Crippen molar-refractivity contribution in [1.29, 1.82) is 5.41 Å². The monoisotopic (exact) mass is 218 g/mol. The average Bonchev–Trinajstić information content (AvgIpc) is 2.39. The van der Waals surface area contributed by atoms with Crippen molar-refractivity contribution in [2.75, 3.05) is 19.8 Å². The molecule has 0 aliphatic carbocycles. The molecule has 0 bridgehead atoms. The number of hydrogen-bond acceptors (Lipinski definition) is 2. The van der Waals surface area contributed by atoms with Gasteiger partial charge in [-0.15, -0.1) is 0 Å². The van der Waals surface area contributed by atoms with Crippen LogP contribution in [-0.4, -0.2) is 36.5 Å². The largest absolute Gasteiger partial charge is 0.377 e. The molecule has 0 radical (unpaired) electrons. The van der Waals surface area contributed by atoms with Gasteiger partial charge in [0.05, 0.1) is 19.3 Å². The summed E-state index contributed by atoms with van der Waals surface area (Å²) in [5, 5.41) is 8.23. The van der Waals surface area contributed by atoms with Gasteiger partial charge in [0, 0.05) is 12.1 Å². The molecule has 1 atom stereocenters. The minimum Gasteiger partial charge on any atom is -0.377 e. The average molecular weight is 218 g/mol. The first-order chi connectivity index (χ1) is 7.83. The zero-order valence-corrected chi connectivity index (χ0v) is 9.65. The highest BCUT2D eigenvalue weighted by Gasteiger charge is 2.24. The Morgan fingerprint density at radius 1 is 1.44 bits per heavy atom. The fraction of sp³-hybridized carbons (Fsp3) is 0.462. The topological polar surface area (TPSA) is 36.3 Å². The van der Waals surface area contributed by atoms with Gasteiger partial charge >= 0.3 is 0 Å². The third-order valence-corrected chi connectivity index (χ3v) is 3.03. The van der Waals surface area contributed by atoms with Crippen molar-refractivity contribution in [3.63, 3.8) is 0 Å². The predicted molar refractivity (Wildman–Crippen MR) is 64.9 cm³/mol. The maximum atomic E-state index is 8.23. The summed E-state index contributed by atoms with van der Waals surface area (Å²) >= 11 is 0. The number of benzene rings is 1. The Bertz CT molecular complexity index is 350. The molecule has 1 aromatic rings. The van der Waals surface area contributed by atoms with Gasteiger partial charge in [-0.25, -0.2) is 0 Å². The Labute approximate surface area is 96.5 Å². The fourth-order valence-corrected chi connectivity index (χ4v) is 2.05. The van der Waals surface area contributed by atoms with Gasteiger partial charge in [-0.1, -0.05) is 37.3 Å². The van der Waals surface area contributed by atoms with Crippen molar-refractivity contribution in [3.05, 3.63) is 35.9 Å². The number of ether oxygens (including phenoxy) is 1. The minimum atomic E-state index is 0.349. The van der Waals surface area contributed by atoms with E-state index in [0.29, 0.717) is 11.9 Å². The van der Waals surface area contributed by atoms with E-state index in [4.69, 9.17) is 10.1 Å². The number of nitrogens with one attached hydrogen (secondary N) is 1. The summed E-state index contributed by atoms with van der Waals surface area (Å²) < 4.78 is 5.45. The lowest BCUT2D eigenvalue weighted by molar-refractivity contribution is 0.0251. The number of hydrogen-bond donors (Lipinski definition) is 1. The van der Waals surface area contributed by atoms with Gasteiger partial charge in [-0.3, -0.25) is 5.41 Å². The highest BCUT2D eigenvalue weighted by atomic mass is 16.5. The SMILES string of the molecule is CCC1COCCN1C(=N)c1ccccc1. The summed E-state index contributed by atoms with van der Waals surface area (Å²) in [4.78, 5) is 2.15. The van der Waals surface area contributed by atoms with Crippen molar-refractivity contribution in [2.24, 2.45) is 0 Å². The molecule has 1 aliphatic heterocycles. The summed E-state index contributed by atoms with van der Waals surface area (Å²) in [6.07, 6.45) is 1.02. The minimum absolute atomic E-state index is 0.349. The molecular weight excluding hydrogens is 200 g/mol. The Kier molecular flexibility index (Phi) is 3.57. The van der Waals surface area contributed by atoms with E-state index in [0.717, 1.165) is 31.7 Å². The van der Waals surface area contributed by atoms with Crippen LogP contribution in [-0.2, 0) is 4.74 Å². The van der Waals surface area contributed by atoms with Crippen LogP contribution < -0.4 is 0 Å². The van der Waals surface area contributed by atoms with Crippen molar-refractivity contribution in [3.8, 4) is 0 Å². The van der Waals surface area contributed by atoms with Crippen LogP contribution in [0.5, 0.6) is 0 Å². The van der Waals surface area contributed by atoms with Crippen LogP contribution in [0.25, 0.3) is 0 Å². The molecule has 1 unspecified atom stereocenters. The van der Waals surface area contributed by atoms with Gasteiger partial charge < -0.3 is 9.64 Å². The Hall–Kier alpha value is -1.35. The fourth-order valence-electron chi connectivity index (χ4n) is 2.05. The van der Waals surface area contributed by atoms with Crippen LogP contribution in [0.4, 0.5) is 0 Å². The van der Waals surface area contributed by atoms with Crippen LogP contribution in [0.15, 0.2) is 30.3 Å². The lowest BCUT2D eigenvalue weighted by Gasteiger charge is -2.37. The molecule has 1 aromatic carbocycles. The second-order valence-corrected chi connectivity index (χ2v) is 4.05. The molecule has 3 nitrogen and oxygen atoms in total. The van der Waals surface area contributed by atoms with Gasteiger partial charge in [0.25, 0.3) is 0 Å². The van der Waals surface area contributed by atoms with E-state index in [2.05, 4.69) is 11.8 Å². The molecule has 1 heterocycles. The highest BCUT2D eigenvalue weighted by molar-refractivity contribution is 5.96. The Morgan fingerprint density at radius 2 is 2.19 bits per heavy atom. The molecular formula is C13H18N2O. The smallest absolute Gasteiger partial charge is 0.128 e. The van der Waals surface area contributed by atoms with Gasteiger partial charge in [0.15, 0.2) is 0 Å². The molecule has 0 saturated carbocycles. The number of morpholine rings is 1. The van der Waals surface area contributed by atoms with E-state index in [1.807, 2.05) is 30.3 Å². The van der Waals surface area contributed by atoms with Crippen LogP contribution in [0.3, 0.4) is 0 Å². The van der Waals surface area contributed by atoms with E-state index in [9.17, 15) is 0 Å². The molecule has 0 amide bonds. The van der Waals surface area contributed by atoms with Crippen molar-refractivity contribution in [2.45, 2.75) is 19.4 Å². The molecule has 0 spiro atoms. The second kappa shape index (κ2) is 5.12. The first-order valence-corrected chi connectivity index (χ1v) is 5.81. The molecule has 3 heteroatoms. The second-order valence-electron chi connectivity index (χ2n) is 4.05. The maximum Gasteiger partial charge on any atom is 0.128 e. The molecule has 1 aliphatic rings. The van der Waals surface area contributed by atoms with Crippen LogP contribution in [0, 0.1) is 5.41 Å². The Morgan fingerprint density at radius 3 is 2.88 bits per heavy atom. The highest BCUT2D eigenvalue weighted by Crippen LogP contribution is 2.14. The molecule has 2 rings (SSSR count). The van der Waals surface area contributed by atoms with E-state index in [-0.39, 0.29) is 0 Å². The lowest BCUT2D eigenvalue weighted by atomic mass is 10.1. The number of rotatable bonds is 2. The zero-order chi connectivity index (χ0) is 11.4. The molecule has 1 fully saturated rings. The first-order valence-electron chi connectivity index (χ1n) is 5.81. The summed E-state index contributed by atoms with van der Waals surface area (Å²) in [5.74, 6) is 0.621. The molecule has 1 N–H and O–H groups in total. The normalized spacial score (nSPS) is 20.8. The van der Waals surface area contributed by atoms with Crippen molar-refractivity contribution < 1.29 is 4.74 Å². The van der Waals surface area contributed by atoms with Gasteiger partial charge in [-0.2, -0.15) is 0 Å².